The van der Waals surface area contributed by atoms with Gasteiger partial charge in [0.1, 0.15) is 23.7 Å². The van der Waals surface area contributed by atoms with E-state index in [-0.39, 0.29) is 17.9 Å². The molecule has 0 radical (unpaired) electrons. The number of carbonyl (C=O) groups excluding carboxylic acids is 1. The van der Waals surface area contributed by atoms with Crippen molar-refractivity contribution in [2.45, 2.75) is 25.5 Å². The van der Waals surface area contributed by atoms with Gasteiger partial charge in [0.2, 0.25) is 0 Å². The van der Waals surface area contributed by atoms with Gasteiger partial charge in [-0.2, -0.15) is 4.39 Å². The van der Waals surface area contributed by atoms with Crippen molar-refractivity contribution in [3.8, 4) is 11.3 Å². The highest BCUT2D eigenvalue weighted by Crippen LogP contribution is 2.31. The number of carboxylic acids is 1. The fourth-order valence-corrected chi connectivity index (χ4v) is 3.50. The average Bonchev–Trinajstić information content (AvgIpc) is 3.24. The second kappa shape index (κ2) is 11.1. The summed E-state index contributed by atoms with van der Waals surface area (Å²) in [6, 6.07) is 20.4. The van der Waals surface area contributed by atoms with Crippen LogP contribution in [-0.2, 0) is 16.0 Å². The normalized spacial score (nSPS) is 12.4. The molecule has 2 atom stereocenters. The van der Waals surface area contributed by atoms with Gasteiger partial charge in [0.25, 0.3) is 5.95 Å². The summed E-state index contributed by atoms with van der Waals surface area (Å²) in [6.45, 7) is 1.69. The monoisotopic (exact) mass is 490 g/mol. The maximum absolute atomic E-state index is 14.3. The summed E-state index contributed by atoms with van der Waals surface area (Å²) in [5.74, 6) is -1.82. The van der Waals surface area contributed by atoms with Crippen LogP contribution < -0.4 is 10.6 Å². The standard InChI is InChI=1S/C26H23FN4O5/c1-16(18-10-6-3-7-11-18)35-26(34)30-22-23(36-31-24(22)27)19-12-13-21(28-15-19)29-20(25(32)33)14-17-8-4-2-5-9-17/h2-13,15-16,20H,14H2,1H3,(H,28,29)(H,30,34)(H,32,33). The molecule has 36 heavy (non-hydrogen) atoms. The quantitative estimate of drug-likeness (QED) is 0.289. The van der Waals surface area contributed by atoms with Crippen LogP contribution >= 0.6 is 0 Å². The van der Waals surface area contributed by atoms with Gasteiger partial charge in [-0.3, -0.25) is 5.32 Å². The Bertz CT molecular complexity index is 1310. The Hall–Kier alpha value is -4.73. The number of benzene rings is 2. The smallest absolute Gasteiger partial charge is 0.412 e. The number of nitrogens with zero attached hydrogens (tertiary/aromatic N) is 2. The molecule has 2 aromatic heterocycles. The van der Waals surface area contributed by atoms with E-state index in [2.05, 4.69) is 20.8 Å². The molecule has 0 saturated heterocycles. The predicted octanol–water partition coefficient (Wildman–Crippen LogP) is 5.29. The SMILES string of the molecule is CC(OC(=O)Nc1c(F)noc1-c1ccc(NC(Cc2ccccc2)C(=O)O)nc1)c1ccccc1. The molecule has 2 unspecified atom stereocenters. The second-order valence-electron chi connectivity index (χ2n) is 7.92. The molecule has 0 aliphatic carbocycles. The van der Waals surface area contributed by atoms with Crippen molar-refractivity contribution in [2.75, 3.05) is 10.6 Å². The molecule has 3 N–H and O–H groups in total. The molecule has 0 aliphatic heterocycles. The number of hydrogen-bond donors (Lipinski definition) is 3. The molecule has 0 spiro atoms. The van der Waals surface area contributed by atoms with Crippen LogP contribution in [0.25, 0.3) is 11.3 Å². The van der Waals surface area contributed by atoms with Gasteiger partial charge in [-0.05, 0) is 35.3 Å². The van der Waals surface area contributed by atoms with Crippen LogP contribution in [0.3, 0.4) is 0 Å². The number of carboxylic acid groups (broad SMARTS) is 1. The minimum absolute atomic E-state index is 0.0602. The highest BCUT2D eigenvalue weighted by atomic mass is 19.1. The lowest BCUT2D eigenvalue weighted by Crippen LogP contribution is -2.31. The Kier molecular flexibility index (Phi) is 7.54. The largest absolute Gasteiger partial charge is 0.480 e. The summed E-state index contributed by atoms with van der Waals surface area (Å²) in [4.78, 5) is 28.3. The van der Waals surface area contributed by atoms with Crippen molar-refractivity contribution in [1.82, 2.24) is 10.1 Å². The summed E-state index contributed by atoms with van der Waals surface area (Å²) >= 11 is 0. The number of rotatable bonds is 9. The Morgan fingerprint density at radius 3 is 2.39 bits per heavy atom. The van der Waals surface area contributed by atoms with Gasteiger partial charge in [-0.25, -0.2) is 14.6 Å². The number of ether oxygens (including phenoxy) is 1. The Morgan fingerprint density at radius 2 is 1.75 bits per heavy atom. The summed E-state index contributed by atoms with van der Waals surface area (Å²) in [5, 5.41) is 18.1. The molecule has 0 bridgehead atoms. The summed E-state index contributed by atoms with van der Waals surface area (Å²) < 4.78 is 24.7. The molecule has 0 fully saturated rings. The summed E-state index contributed by atoms with van der Waals surface area (Å²) in [6.07, 6.45) is 0.158. The van der Waals surface area contributed by atoms with E-state index in [1.165, 1.54) is 12.3 Å². The van der Waals surface area contributed by atoms with Crippen LogP contribution in [-0.4, -0.2) is 33.4 Å². The minimum Gasteiger partial charge on any atom is -0.480 e. The predicted molar refractivity (Wildman–Crippen MR) is 130 cm³/mol. The number of aliphatic carboxylic acids is 1. The molecular formula is C26H23FN4O5. The molecule has 1 amide bonds. The Labute approximate surface area is 205 Å². The number of halogens is 1. The summed E-state index contributed by atoms with van der Waals surface area (Å²) in [7, 11) is 0. The average molecular weight is 490 g/mol. The number of pyridine rings is 1. The maximum Gasteiger partial charge on any atom is 0.412 e. The number of anilines is 2. The molecule has 184 valence electrons. The van der Waals surface area contributed by atoms with Crippen LogP contribution in [0.2, 0.25) is 0 Å². The molecule has 0 saturated carbocycles. The third-order valence-corrected chi connectivity index (χ3v) is 5.36. The molecule has 2 aromatic carbocycles. The molecule has 10 heteroatoms. The van der Waals surface area contributed by atoms with Gasteiger partial charge in [0, 0.05) is 18.2 Å². The molecular weight excluding hydrogens is 467 g/mol. The first-order valence-electron chi connectivity index (χ1n) is 11.1. The lowest BCUT2D eigenvalue weighted by Gasteiger charge is -2.15. The lowest BCUT2D eigenvalue weighted by molar-refractivity contribution is -0.137. The van der Waals surface area contributed by atoms with Crippen molar-refractivity contribution < 1.29 is 28.3 Å². The first-order valence-corrected chi connectivity index (χ1v) is 11.1. The molecule has 9 nitrogen and oxygen atoms in total. The van der Waals surface area contributed by atoms with Gasteiger partial charge in [0.15, 0.2) is 5.76 Å². The Balaban J connectivity index is 1.44. The van der Waals surface area contributed by atoms with Gasteiger partial charge in [0.05, 0.1) is 0 Å². The summed E-state index contributed by atoms with van der Waals surface area (Å²) in [5.41, 5.74) is 1.65. The van der Waals surface area contributed by atoms with E-state index in [9.17, 15) is 19.1 Å². The van der Waals surface area contributed by atoms with E-state index >= 15 is 0 Å². The molecule has 4 aromatic rings. The van der Waals surface area contributed by atoms with E-state index in [0.717, 1.165) is 11.1 Å². The maximum atomic E-state index is 14.3. The zero-order valence-electron chi connectivity index (χ0n) is 19.2. The van der Waals surface area contributed by atoms with Crippen molar-refractivity contribution in [3.63, 3.8) is 0 Å². The van der Waals surface area contributed by atoms with Crippen LogP contribution in [0.1, 0.15) is 24.2 Å². The van der Waals surface area contributed by atoms with Crippen molar-refractivity contribution in [3.05, 3.63) is 96.1 Å². The van der Waals surface area contributed by atoms with Crippen molar-refractivity contribution >= 4 is 23.6 Å². The highest BCUT2D eigenvalue weighted by molar-refractivity contribution is 5.89. The Morgan fingerprint density at radius 1 is 1.06 bits per heavy atom. The fraction of sp³-hybridized carbons (Fsp3) is 0.154. The van der Waals surface area contributed by atoms with Crippen LogP contribution in [0.4, 0.5) is 20.7 Å². The van der Waals surface area contributed by atoms with E-state index in [1.807, 2.05) is 48.5 Å². The van der Waals surface area contributed by atoms with E-state index in [1.54, 1.807) is 25.1 Å². The van der Waals surface area contributed by atoms with Crippen LogP contribution in [0.5, 0.6) is 0 Å². The first-order chi connectivity index (χ1) is 17.4. The highest BCUT2D eigenvalue weighted by Gasteiger charge is 2.23. The number of amides is 1. The minimum atomic E-state index is -1.03. The number of hydrogen-bond acceptors (Lipinski definition) is 7. The number of aromatic nitrogens is 2. The number of carbonyl (C=O) groups is 2. The third-order valence-electron chi connectivity index (χ3n) is 5.36. The number of nitrogens with one attached hydrogen (secondary N) is 2. The van der Waals surface area contributed by atoms with Gasteiger partial charge < -0.3 is 19.7 Å². The molecule has 4 rings (SSSR count). The van der Waals surface area contributed by atoms with E-state index < -0.39 is 30.2 Å². The lowest BCUT2D eigenvalue weighted by atomic mass is 10.1. The van der Waals surface area contributed by atoms with Crippen LogP contribution in [0, 0.1) is 5.95 Å². The fourth-order valence-electron chi connectivity index (χ4n) is 3.50. The zero-order chi connectivity index (χ0) is 25.5. The third kappa shape index (κ3) is 6.03. The van der Waals surface area contributed by atoms with Gasteiger partial charge in [-0.15, -0.1) is 0 Å². The topological polar surface area (TPSA) is 127 Å². The second-order valence-corrected chi connectivity index (χ2v) is 7.92. The zero-order valence-corrected chi connectivity index (χ0v) is 19.2. The van der Waals surface area contributed by atoms with E-state index in [4.69, 9.17) is 9.26 Å². The van der Waals surface area contributed by atoms with Gasteiger partial charge in [-0.1, -0.05) is 60.7 Å². The molecule has 0 aliphatic rings. The first kappa shape index (κ1) is 24.4. The van der Waals surface area contributed by atoms with Gasteiger partial charge >= 0.3 is 12.1 Å². The van der Waals surface area contributed by atoms with Crippen molar-refractivity contribution in [1.29, 1.82) is 0 Å². The van der Waals surface area contributed by atoms with Crippen LogP contribution in [0.15, 0.2) is 83.5 Å². The van der Waals surface area contributed by atoms with Crippen molar-refractivity contribution in [2.24, 2.45) is 0 Å². The molecule has 2 heterocycles. The van der Waals surface area contributed by atoms with E-state index in [0.29, 0.717) is 11.4 Å².